The number of hydrogen-bond acceptors (Lipinski definition) is 0. The van der Waals surface area contributed by atoms with E-state index in [1.807, 2.05) is 27.7 Å². The van der Waals surface area contributed by atoms with Crippen molar-refractivity contribution in [1.82, 2.24) is 0 Å². The number of hydrogen-bond donors (Lipinski definition) is 0. The van der Waals surface area contributed by atoms with E-state index >= 15 is 0 Å². The van der Waals surface area contributed by atoms with Gasteiger partial charge in [0.25, 0.3) is 0 Å². The Morgan fingerprint density at radius 3 is 1.62 bits per heavy atom. The van der Waals surface area contributed by atoms with Gasteiger partial charge in [0.15, 0.2) is 0 Å². The Morgan fingerprint density at radius 2 is 1.38 bits per heavy atom. The largest absolute Gasteiger partial charge is 0.0885 e. The van der Waals surface area contributed by atoms with Crippen LogP contribution in [-0.2, 0) is 0 Å². The standard InChI is InChI=1S/C9H12.2C2H6/c1-2-5-9(6-3-1)7-4-8-9;2*1-2/h1-2,4,7H,3,5-6,8H2;2*1-2H3. The second kappa shape index (κ2) is 6.94. The van der Waals surface area contributed by atoms with Crippen LogP contribution in [0.2, 0.25) is 0 Å². The molecule has 0 aromatic rings. The molecule has 2 rings (SSSR count). The van der Waals surface area contributed by atoms with E-state index in [1.54, 1.807) is 0 Å². The minimum absolute atomic E-state index is 0.634. The van der Waals surface area contributed by atoms with Crippen LogP contribution in [0.25, 0.3) is 0 Å². The molecule has 0 aromatic heterocycles. The molecule has 0 heterocycles. The van der Waals surface area contributed by atoms with E-state index in [4.69, 9.17) is 0 Å². The lowest BCUT2D eigenvalue weighted by Gasteiger charge is -2.36. The van der Waals surface area contributed by atoms with Crippen LogP contribution in [-0.4, -0.2) is 0 Å². The predicted molar refractivity (Wildman–Crippen MR) is 61.9 cm³/mol. The van der Waals surface area contributed by atoms with Gasteiger partial charge in [0.1, 0.15) is 0 Å². The minimum Gasteiger partial charge on any atom is -0.0885 e. The summed E-state index contributed by atoms with van der Waals surface area (Å²) in [5.74, 6) is 0. The summed E-state index contributed by atoms with van der Waals surface area (Å²) in [5, 5.41) is 0. The van der Waals surface area contributed by atoms with E-state index in [0.717, 1.165) is 0 Å². The van der Waals surface area contributed by atoms with Crippen LogP contribution in [0.1, 0.15) is 53.4 Å². The fourth-order valence-corrected chi connectivity index (χ4v) is 1.70. The smallest absolute Gasteiger partial charge is 0.00464 e. The highest BCUT2D eigenvalue weighted by Gasteiger charge is 2.30. The molecular weight excluding hydrogens is 156 g/mol. The normalized spacial score (nSPS) is 28.0. The average molecular weight is 180 g/mol. The molecule has 0 amide bonds. The van der Waals surface area contributed by atoms with E-state index in [9.17, 15) is 0 Å². The molecule has 1 unspecified atom stereocenters. The SMILES string of the molecule is C1=CCC2(C=CC2)CC1.CC.CC. The molecule has 2 aliphatic carbocycles. The molecule has 0 heteroatoms. The molecule has 0 saturated heterocycles. The summed E-state index contributed by atoms with van der Waals surface area (Å²) in [5.41, 5.74) is 0.634. The second-order valence-electron chi connectivity index (χ2n) is 3.18. The lowest BCUT2D eigenvalue weighted by atomic mass is 9.68. The van der Waals surface area contributed by atoms with Gasteiger partial charge in [0.05, 0.1) is 0 Å². The maximum atomic E-state index is 2.39. The maximum Gasteiger partial charge on any atom is -0.00464 e. The van der Waals surface area contributed by atoms with Crippen molar-refractivity contribution in [1.29, 1.82) is 0 Å². The van der Waals surface area contributed by atoms with Crippen molar-refractivity contribution in [3.63, 3.8) is 0 Å². The molecule has 76 valence electrons. The minimum atomic E-state index is 0.634. The predicted octanol–water partition coefficient (Wildman–Crippen LogP) is 4.73. The van der Waals surface area contributed by atoms with Crippen LogP contribution in [0.3, 0.4) is 0 Å². The Balaban J connectivity index is 0.000000322. The molecular formula is C13H24. The molecule has 0 fully saturated rings. The van der Waals surface area contributed by atoms with E-state index in [2.05, 4.69) is 24.3 Å². The Bertz CT molecular complexity index is 165. The van der Waals surface area contributed by atoms with Gasteiger partial charge in [-0.1, -0.05) is 52.0 Å². The molecule has 0 saturated carbocycles. The summed E-state index contributed by atoms with van der Waals surface area (Å²) in [6.07, 6.45) is 14.6. The zero-order valence-electron chi connectivity index (χ0n) is 9.64. The summed E-state index contributed by atoms with van der Waals surface area (Å²) in [6.45, 7) is 8.00. The first-order valence-electron chi connectivity index (χ1n) is 5.74. The summed E-state index contributed by atoms with van der Waals surface area (Å²) in [6, 6.07) is 0. The van der Waals surface area contributed by atoms with Gasteiger partial charge in [-0.3, -0.25) is 0 Å². The van der Waals surface area contributed by atoms with E-state index in [0.29, 0.717) is 5.41 Å². The fraction of sp³-hybridized carbons (Fsp3) is 0.692. The van der Waals surface area contributed by atoms with E-state index in [-0.39, 0.29) is 0 Å². The molecule has 0 bridgehead atoms. The molecule has 0 aromatic carbocycles. The van der Waals surface area contributed by atoms with Crippen molar-refractivity contribution in [3.05, 3.63) is 24.3 Å². The van der Waals surface area contributed by atoms with Crippen molar-refractivity contribution in [3.8, 4) is 0 Å². The number of rotatable bonds is 0. The van der Waals surface area contributed by atoms with Crippen LogP contribution in [0.15, 0.2) is 24.3 Å². The summed E-state index contributed by atoms with van der Waals surface area (Å²) in [4.78, 5) is 0. The zero-order valence-corrected chi connectivity index (χ0v) is 9.64. The van der Waals surface area contributed by atoms with Crippen LogP contribution in [0.5, 0.6) is 0 Å². The van der Waals surface area contributed by atoms with Crippen molar-refractivity contribution in [2.45, 2.75) is 53.4 Å². The Hall–Kier alpha value is -0.520. The second-order valence-corrected chi connectivity index (χ2v) is 3.18. The third-order valence-electron chi connectivity index (χ3n) is 2.50. The first kappa shape index (κ1) is 12.5. The van der Waals surface area contributed by atoms with E-state index < -0.39 is 0 Å². The zero-order chi connectivity index (χ0) is 10.2. The van der Waals surface area contributed by atoms with Crippen LogP contribution < -0.4 is 0 Å². The first-order chi connectivity index (χ1) is 6.41. The van der Waals surface area contributed by atoms with Gasteiger partial charge in [-0.15, -0.1) is 0 Å². The average Bonchev–Trinajstić information content (AvgIpc) is 2.23. The maximum absolute atomic E-state index is 2.39. The third kappa shape index (κ3) is 3.38. The van der Waals surface area contributed by atoms with Gasteiger partial charge in [0, 0.05) is 0 Å². The highest BCUT2D eigenvalue weighted by Crippen LogP contribution is 2.43. The van der Waals surface area contributed by atoms with Crippen molar-refractivity contribution >= 4 is 0 Å². The lowest BCUT2D eigenvalue weighted by molar-refractivity contribution is 0.316. The van der Waals surface area contributed by atoms with E-state index in [1.165, 1.54) is 25.7 Å². The van der Waals surface area contributed by atoms with Crippen molar-refractivity contribution in [2.24, 2.45) is 5.41 Å². The molecule has 2 aliphatic rings. The molecule has 0 nitrogen and oxygen atoms in total. The van der Waals surface area contributed by atoms with Crippen LogP contribution >= 0.6 is 0 Å². The Morgan fingerprint density at radius 1 is 0.846 bits per heavy atom. The molecule has 13 heavy (non-hydrogen) atoms. The molecule has 0 N–H and O–H groups in total. The van der Waals surface area contributed by atoms with Gasteiger partial charge in [-0.05, 0) is 31.1 Å². The molecule has 0 aliphatic heterocycles. The van der Waals surface area contributed by atoms with Crippen LogP contribution in [0, 0.1) is 5.41 Å². The first-order valence-corrected chi connectivity index (χ1v) is 5.74. The molecule has 0 radical (unpaired) electrons. The van der Waals surface area contributed by atoms with Gasteiger partial charge in [-0.2, -0.15) is 0 Å². The van der Waals surface area contributed by atoms with Gasteiger partial charge < -0.3 is 0 Å². The summed E-state index contributed by atoms with van der Waals surface area (Å²) in [7, 11) is 0. The highest BCUT2D eigenvalue weighted by atomic mass is 14.3. The van der Waals surface area contributed by atoms with Gasteiger partial charge >= 0.3 is 0 Å². The van der Waals surface area contributed by atoms with Crippen LogP contribution in [0.4, 0.5) is 0 Å². The summed E-state index contributed by atoms with van der Waals surface area (Å²) < 4.78 is 0. The van der Waals surface area contributed by atoms with Crippen molar-refractivity contribution < 1.29 is 0 Å². The quantitative estimate of drug-likeness (QED) is 0.473. The highest BCUT2D eigenvalue weighted by molar-refractivity contribution is 5.17. The summed E-state index contributed by atoms with van der Waals surface area (Å²) >= 11 is 0. The molecule has 1 atom stereocenters. The molecule has 1 spiro atoms. The Labute approximate surface area is 83.7 Å². The van der Waals surface area contributed by atoms with Gasteiger partial charge in [0.2, 0.25) is 0 Å². The monoisotopic (exact) mass is 180 g/mol. The third-order valence-corrected chi connectivity index (χ3v) is 2.50. The fourth-order valence-electron chi connectivity index (χ4n) is 1.70. The van der Waals surface area contributed by atoms with Crippen molar-refractivity contribution in [2.75, 3.05) is 0 Å². The lowest BCUT2D eigenvalue weighted by Crippen LogP contribution is -2.23. The Kier molecular flexibility index (Phi) is 6.66. The topological polar surface area (TPSA) is 0 Å². The number of allylic oxidation sites excluding steroid dienone is 4. The van der Waals surface area contributed by atoms with Gasteiger partial charge in [-0.25, -0.2) is 0 Å².